The van der Waals surface area contributed by atoms with Crippen molar-refractivity contribution in [1.29, 1.82) is 0 Å². The summed E-state index contributed by atoms with van der Waals surface area (Å²) in [4.78, 5) is 11.6. The lowest BCUT2D eigenvalue weighted by atomic mass is 10.2. The fraction of sp³-hybridized carbons (Fsp3) is 0.417. The van der Waals surface area contributed by atoms with Crippen molar-refractivity contribution < 1.29 is 9.18 Å². The highest BCUT2D eigenvalue weighted by Crippen LogP contribution is 2.12. The lowest BCUT2D eigenvalue weighted by molar-refractivity contribution is 0.0953. The molecule has 3 nitrogen and oxygen atoms in total. The van der Waals surface area contributed by atoms with E-state index < -0.39 is 5.82 Å². The van der Waals surface area contributed by atoms with Gasteiger partial charge in [-0.3, -0.25) is 4.79 Å². The molecule has 0 saturated heterocycles. The van der Waals surface area contributed by atoms with Crippen molar-refractivity contribution in [2.75, 3.05) is 24.3 Å². The van der Waals surface area contributed by atoms with Gasteiger partial charge in [0.2, 0.25) is 0 Å². The van der Waals surface area contributed by atoms with Gasteiger partial charge in [-0.1, -0.05) is 0 Å². The van der Waals surface area contributed by atoms with Crippen LogP contribution in [0.25, 0.3) is 0 Å². The predicted octanol–water partition coefficient (Wildman–Crippen LogP) is 2.28. The van der Waals surface area contributed by atoms with Crippen molar-refractivity contribution in [2.45, 2.75) is 12.8 Å². The molecular weight excluding hydrogens is 239 g/mol. The maximum absolute atomic E-state index is 12.9. The van der Waals surface area contributed by atoms with Crippen LogP contribution in [0.3, 0.4) is 0 Å². The van der Waals surface area contributed by atoms with Crippen molar-refractivity contribution >= 4 is 23.4 Å². The maximum atomic E-state index is 12.9. The summed E-state index contributed by atoms with van der Waals surface area (Å²) in [6.07, 6.45) is 4.08. The van der Waals surface area contributed by atoms with E-state index in [9.17, 15) is 9.18 Å². The van der Waals surface area contributed by atoms with E-state index in [1.165, 1.54) is 18.2 Å². The zero-order valence-electron chi connectivity index (χ0n) is 9.83. The first-order valence-electron chi connectivity index (χ1n) is 5.47. The molecular formula is C12H17FN2OS. The number of rotatable bonds is 6. The molecule has 17 heavy (non-hydrogen) atoms. The van der Waals surface area contributed by atoms with E-state index in [1.807, 2.05) is 0 Å². The van der Waals surface area contributed by atoms with Crippen LogP contribution in [0.2, 0.25) is 0 Å². The summed E-state index contributed by atoms with van der Waals surface area (Å²) >= 11 is 1.79. The molecule has 0 aliphatic heterocycles. The Kier molecular flexibility index (Phi) is 5.83. The number of halogens is 1. The van der Waals surface area contributed by atoms with Crippen LogP contribution >= 0.6 is 11.8 Å². The molecule has 3 N–H and O–H groups in total. The molecule has 0 aliphatic rings. The highest BCUT2D eigenvalue weighted by Gasteiger charge is 2.07. The normalized spacial score (nSPS) is 10.2. The summed E-state index contributed by atoms with van der Waals surface area (Å²) in [6, 6.07) is 3.99. The number of amides is 1. The van der Waals surface area contributed by atoms with Gasteiger partial charge >= 0.3 is 0 Å². The number of nitrogens with two attached hydrogens (primary N) is 1. The van der Waals surface area contributed by atoms with Crippen LogP contribution in [0.1, 0.15) is 23.2 Å². The predicted molar refractivity (Wildman–Crippen MR) is 70.8 cm³/mol. The number of thioether (sulfide) groups is 1. The van der Waals surface area contributed by atoms with Crippen LogP contribution in [-0.4, -0.2) is 24.5 Å². The molecule has 5 heteroatoms. The fourth-order valence-corrected chi connectivity index (χ4v) is 1.85. The van der Waals surface area contributed by atoms with Crippen molar-refractivity contribution in [3.8, 4) is 0 Å². The molecule has 0 spiro atoms. The summed E-state index contributed by atoms with van der Waals surface area (Å²) in [7, 11) is 0. The van der Waals surface area contributed by atoms with Gasteiger partial charge in [0.1, 0.15) is 5.82 Å². The minimum atomic E-state index is -0.499. The van der Waals surface area contributed by atoms with Gasteiger partial charge in [0, 0.05) is 12.1 Å². The van der Waals surface area contributed by atoms with E-state index in [0.29, 0.717) is 12.1 Å². The second-order valence-electron chi connectivity index (χ2n) is 3.69. The Hall–Kier alpha value is -1.23. The number of nitrogens with one attached hydrogen (secondary N) is 1. The molecule has 1 aromatic carbocycles. The first-order valence-corrected chi connectivity index (χ1v) is 6.86. The Morgan fingerprint density at radius 1 is 1.47 bits per heavy atom. The number of carbonyl (C=O) groups excluding carboxylic acids is 1. The van der Waals surface area contributed by atoms with Gasteiger partial charge in [0.25, 0.3) is 5.91 Å². The quantitative estimate of drug-likeness (QED) is 0.606. The molecule has 1 rings (SSSR count). The van der Waals surface area contributed by atoms with Gasteiger partial charge in [0.15, 0.2) is 0 Å². The van der Waals surface area contributed by atoms with Crippen LogP contribution in [0.5, 0.6) is 0 Å². The van der Waals surface area contributed by atoms with E-state index in [0.717, 1.165) is 18.6 Å². The second-order valence-corrected chi connectivity index (χ2v) is 4.68. The van der Waals surface area contributed by atoms with Crippen LogP contribution in [0, 0.1) is 5.82 Å². The highest BCUT2D eigenvalue weighted by molar-refractivity contribution is 7.98. The minimum Gasteiger partial charge on any atom is -0.396 e. The molecule has 0 atom stereocenters. The standard InChI is InChI=1S/C12H17FN2OS/c1-17-7-3-2-6-15-12(16)9-4-5-10(13)11(14)8-9/h4-5,8H,2-3,6-7,14H2,1H3,(H,15,16). The first-order chi connectivity index (χ1) is 8.15. The van der Waals surface area contributed by atoms with Gasteiger partial charge in [-0.25, -0.2) is 4.39 Å². The van der Waals surface area contributed by atoms with Gasteiger partial charge in [-0.2, -0.15) is 11.8 Å². The number of nitrogen functional groups attached to an aromatic ring is 1. The SMILES string of the molecule is CSCCCCNC(=O)c1ccc(F)c(N)c1. The van der Waals surface area contributed by atoms with Gasteiger partial charge in [-0.15, -0.1) is 0 Å². The molecule has 94 valence electrons. The monoisotopic (exact) mass is 256 g/mol. The third-order valence-electron chi connectivity index (χ3n) is 2.32. The zero-order chi connectivity index (χ0) is 12.7. The van der Waals surface area contributed by atoms with E-state index in [1.54, 1.807) is 11.8 Å². The van der Waals surface area contributed by atoms with Crippen molar-refractivity contribution in [1.82, 2.24) is 5.32 Å². The van der Waals surface area contributed by atoms with Crippen LogP contribution < -0.4 is 11.1 Å². The van der Waals surface area contributed by atoms with E-state index in [2.05, 4.69) is 11.6 Å². The molecule has 0 aliphatic carbocycles. The highest BCUT2D eigenvalue weighted by atomic mass is 32.2. The second kappa shape index (κ2) is 7.17. The Morgan fingerprint density at radius 3 is 2.88 bits per heavy atom. The smallest absolute Gasteiger partial charge is 0.251 e. The number of unbranched alkanes of at least 4 members (excludes halogenated alkanes) is 1. The number of hydrogen-bond acceptors (Lipinski definition) is 3. The van der Waals surface area contributed by atoms with Crippen molar-refractivity contribution in [3.63, 3.8) is 0 Å². The first kappa shape index (κ1) is 13.8. The van der Waals surface area contributed by atoms with Crippen LogP contribution in [-0.2, 0) is 0 Å². The summed E-state index contributed by atoms with van der Waals surface area (Å²) in [5.74, 6) is 0.390. The van der Waals surface area contributed by atoms with E-state index in [-0.39, 0.29) is 11.6 Å². The van der Waals surface area contributed by atoms with E-state index in [4.69, 9.17) is 5.73 Å². The average Bonchev–Trinajstić information content (AvgIpc) is 2.32. The van der Waals surface area contributed by atoms with Crippen molar-refractivity contribution in [2.24, 2.45) is 0 Å². The van der Waals surface area contributed by atoms with Crippen LogP contribution in [0.4, 0.5) is 10.1 Å². The number of benzene rings is 1. The molecule has 0 radical (unpaired) electrons. The van der Waals surface area contributed by atoms with Crippen LogP contribution in [0.15, 0.2) is 18.2 Å². The lowest BCUT2D eigenvalue weighted by Gasteiger charge is -2.05. The molecule has 1 amide bonds. The lowest BCUT2D eigenvalue weighted by Crippen LogP contribution is -2.24. The molecule has 0 heterocycles. The molecule has 0 bridgehead atoms. The zero-order valence-corrected chi connectivity index (χ0v) is 10.6. The van der Waals surface area contributed by atoms with Crippen molar-refractivity contribution in [3.05, 3.63) is 29.6 Å². The summed E-state index contributed by atoms with van der Waals surface area (Å²) in [5, 5.41) is 2.78. The number of hydrogen-bond donors (Lipinski definition) is 2. The Labute approximate surface area is 105 Å². The Bertz CT molecular complexity index is 385. The summed E-state index contributed by atoms with van der Waals surface area (Å²) in [5.41, 5.74) is 5.79. The fourth-order valence-electron chi connectivity index (χ4n) is 1.36. The molecule has 0 unspecified atom stereocenters. The third-order valence-corrected chi connectivity index (χ3v) is 3.02. The van der Waals surface area contributed by atoms with Gasteiger partial charge in [-0.05, 0) is 43.0 Å². The third kappa shape index (κ3) is 4.65. The largest absolute Gasteiger partial charge is 0.396 e. The average molecular weight is 256 g/mol. The van der Waals surface area contributed by atoms with Gasteiger partial charge < -0.3 is 11.1 Å². The number of carbonyl (C=O) groups is 1. The Morgan fingerprint density at radius 2 is 2.24 bits per heavy atom. The summed E-state index contributed by atoms with van der Waals surface area (Å²) in [6.45, 7) is 0.636. The Balaban J connectivity index is 2.39. The van der Waals surface area contributed by atoms with Gasteiger partial charge in [0.05, 0.1) is 5.69 Å². The molecule has 0 aromatic heterocycles. The molecule has 0 fully saturated rings. The van der Waals surface area contributed by atoms with E-state index >= 15 is 0 Å². The summed E-state index contributed by atoms with van der Waals surface area (Å²) < 4.78 is 12.9. The number of anilines is 1. The minimum absolute atomic E-state index is 0.0000305. The topological polar surface area (TPSA) is 55.1 Å². The molecule has 1 aromatic rings. The molecule has 0 saturated carbocycles. The maximum Gasteiger partial charge on any atom is 0.251 e.